The lowest BCUT2D eigenvalue weighted by molar-refractivity contribution is -0.120. The van der Waals surface area contributed by atoms with E-state index in [9.17, 15) is 9.59 Å². The second kappa shape index (κ2) is 10.5. The van der Waals surface area contributed by atoms with Crippen LogP contribution in [0, 0.1) is 0 Å². The van der Waals surface area contributed by atoms with Gasteiger partial charge >= 0.3 is 0 Å². The van der Waals surface area contributed by atoms with Crippen LogP contribution < -0.4 is 16.0 Å². The van der Waals surface area contributed by atoms with Crippen LogP contribution in [0.2, 0.25) is 5.02 Å². The van der Waals surface area contributed by atoms with Gasteiger partial charge in [0.1, 0.15) is 5.82 Å². The molecule has 3 aromatic rings. The van der Waals surface area contributed by atoms with Gasteiger partial charge in [-0.2, -0.15) is 0 Å². The zero-order chi connectivity index (χ0) is 20.5. The van der Waals surface area contributed by atoms with E-state index in [0.29, 0.717) is 36.8 Å². The average molecular weight is 411 g/mol. The Morgan fingerprint density at radius 3 is 2.55 bits per heavy atom. The summed E-state index contributed by atoms with van der Waals surface area (Å²) in [5, 5.41) is 11.4. The molecule has 0 bridgehead atoms. The zero-order valence-electron chi connectivity index (χ0n) is 16.0. The van der Waals surface area contributed by atoms with Crippen molar-refractivity contribution in [1.82, 2.24) is 15.6 Å². The van der Waals surface area contributed by atoms with E-state index < -0.39 is 0 Å². The van der Waals surface area contributed by atoms with Crippen LogP contribution in [0.5, 0.6) is 0 Å². The zero-order valence-corrected chi connectivity index (χ0v) is 16.7. The van der Waals surface area contributed by atoms with E-state index >= 15 is 0 Å². The lowest BCUT2D eigenvalue weighted by Gasteiger charge is -2.08. The lowest BCUT2D eigenvalue weighted by atomic mass is 10.2. The molecule has 0 radical (unpaired) electrons. The summed E-state index contributed by atoms with van der Waals surface area (Å²) >= 11 is 6.08. The average Bonchev–Trinajstić information content (AvgIpc) is 2.72. The number of aromatic nitrogens is 1. The molecule has 0 aliphatic carbocycles. The first-order valence-electron chi connectivity index (χ1n) is 9.47. The molecule has 29 heavy (non-hydrogen) atoms. The summed E-state index contributed by atoms with van der Waals surface area (Å²) in [5.74, 6) is 0.286. The van der Waals surface area contributed by atoms with Gasteiger partial charge in [-0.15, -0.1) is 0 Å². The number of nitrogens with one attached hydrogen (secondary N) is 3. The number of nitrogens with zero attached hydrogens (tertiary/aromatic N) is 1. The third kappa shape index (κ3) is 6.55. The highest BCUT2D eigenvalue weighted by Crippen LogP contribution is 2.16. The molecule has 6 nitrogen and oxygen atoms in total. The molecule has 1 heterocycles. The minimum atomic E-state index is -0.126. The predicted molar refractivity (Wildman–Crippen MR) is 116 cm³/mol. The summed E-state index contributed by atoms with van der Waals surface area (Å²) in [5.41, 5.74) is 0.945. The number of fused-ring (bicyclic) bond motifs is 1. The minimum absolute atomic E-state index is 0.117. The van der Waals surface area contributed by atoms with Crippen molar-refractivity contribution in [2.75, 3.05) is 18.4 Å². The summed E-state index contributed by atoms with van der Waals surface area (Å²) in [4.78, 5) is 28.2. The van der Waals surface area contributed by atoms with Gasteiger partial charge in [0.25, 0.3) is 0 Å². The van der Waals surface area contributed by atoms with Gasteiger partial charge in [0.15, 0.2) is 0 Å². The number of carbonyl (C=O) groups is 2. The first kappa shape index (κ1) is 20.8. The van der Waals surface area contributed by atoms with Crippen LogP contribution in [0.4, 0.5) is 5.82 Å². The smallest absolute Gasteiger partial charge is 0.233 e. The fourth-order valence-corrected chi connectivity index (χ4v) is 3.05. The lowest BCUT2D eigenvalue weighted by Crippen LogP contribution is -2.34. The number of benzene rings is 2. The second-order valence-electron chi connectivity index (χ2n) is 6.61. The normalized spacial score (nSPS) is 10.7. The summed E-state index contributed by atoms with van der Waals surface area (Å²) in [6, 6.07) is 17.2. The molecule has 7 heteroatoms. The van der Waals surface area contributed by atoms with Gasteiger partial charge in [-0.3, -0.25) is 9.59 Å². The number of pyridine rings is 1. The highest BCUT2D eigenvalue weighted by Gasteiger charge is 2.06. The number of rotatable bonds is 9. The van der Waals surface area contributed by atoms with Crippen LogP contribution >= 0.6 is 11.6 Å². The summed E-state index contributed by atoms with van der Waals surface area (Å²) in [6.07, 6.45) is 2.60. The Balaban J connectivity index is 1.31. The summed E-state index contributed by atoms with van der Waals surface area (Å²) in [6.45, 7) is 1.15. The van der Waals surface area contributed by atoms with Crippen LogP contribution in [-0.4, -0.2) is 29.9 Å². The van der Waals surface area contributed by atoms with Gasteiger partial charge in [0, 0.05) is 36.1 Å². The van der Waals surface area contributed by atoms with Crippen LogP contribution in [0.15, 0.2) is 60.8 Å². The van der Waals surface area contributed by atoms with E-state index in [1.54, 1.807) is 6.20 Å². The monoisotopic (exact) mass is 410 g/mol. The van der Waals surface area contributed by atoms with Crippen LogP contribution in [0.3, 0.4) is 0 Å². The molecular weight excluding hydrogens is 388 g/mol. The molecule has 0 unspecified atom stereocenters. The quantitative estimate of drug-likeness (QED) is 0.471. The van der Waals surface area contributed by atoms with Crippen molar-refractivity contribution in [1.29, 1.82) is 0 Å². The van der Waals surface area contributed by atoms with Gasteiger partial charge < -0.3 is 16.0 Å². The number of carbonyl (C=O) groups excluding carboxylic acids is 2. The third-order valence-corrected chi connectivity index (χ3v) is 4.73. The molecule has 0 atom stereocenters. The summed E-state index contributed by atoms with van der Waals surface area (Å²) in [7, 11) is 0. The van der Waals surface area contributed by atoms with E-state index in [1.807, 2.05) is 54.6 Å². The highest BCUT2D eigenvalue weighted by atomic mass is 35.5. The van der Waals surface area contributed by atoms with E-state index in [0.717, 1.165) is 16.3 Å². The van der Waals surface area contributed by atoms with Gasteiger partial charge in [-0.05, 0) is 29.5 Å². The SMILES string of the molecule is O=C(CNCc1ccccc1Cl)NCCCC(=O)Nc1cc2ccccc2cn1. The molecule has 0 aliphatic rings. The maximum atomic E-state index is 12.1. The molecule has 3 rings (SSSR count). The summed E-state index contributed by atoms with van der Waals surface area (Å²) < 4.78 is 0. The molecule has 0 fully saturated rings. The topological polar surface area (TPSA) is 83.1 Å². The second-order valence-corrected chi connectivity index (χ2v) is 7.02. The van der Waals surface area contributed by atoms with Gasteiger partial charge in [-0.1, -0.05) is 54.1 Å². The number of halogens is 1. The largest absolute Gasteiger partial charge is 0.355 e. The van der Waals surface area contributed by atoms with Gasteiger partial charge in [0.2, 0.25) is 11.8 Å². The number of amides is 2. The number of hydrogen-bond acceptors (Lipinski definition) is 4. The first-order valence-corrected chi connectivity index (χ1v) is 9.85. The van der Waals surface area contributed by atoms with Crippen molar-refractivity contribution in [3.05, 3.63) is 71.4 Å². The maximum Gasteiger partial charge on any atom is 0.233 e. The standard InChI is InChI=1S/C22H23ClN4O2/c23-19-9-4-3-8-18(19)13-24-15-22(29)25-11-5-10-21(28)27-20-12-16-6-1-2-7-17(16)14-26-20/h1-4,6-9,12,14,24H,5,10-11,13,15H2,(H,25,29)(H,26,27,28). The Bertz CT molecular complexity index is 993. The Kier molecular flexibility index (Phi) is 7.55. The van der Waals surface area contributed by atoms with Gasteiger partial charge in [0.05, 0.1) is 6.54 Å². The Morgan fingerprint density at radius 2 is 1.72 bits per heavy atom. The molecule has 0 saturated carbocycles. The maximum absolute atomic E-state index is 12.1. The van der Waals surface area contributed by atoms with Crippen LogP contribution in [-0.2, 0) is 16.1 Å². The molecule has 2 amide bonds. The van der Waals surface area contributed by atoms with Crippen LogP contribution in [0.25, 0.3) is 10.8 Å². The highest BCUT2D eigenvalue weighted by molar-refractivity contribution is 6.31. The molecular formula is C22H23ClN4O2. The van der Waals surface area contributed by atoms with Crippen molar-refractivity contribution in [3.8, 4) is 0 Å². The fraction of sp³-hybridized carbons (Fsp3) is 0.227. The van der Waals surface area contributed by atoms with Crippen molar-refractivity contribution in [2.24, 2.45) is 0 Å². The molecule has 0 spiro atoms. The number of anilines is 1. The molecule has 0 saturated heterocycles. The van der Waals surface area contributed by atoms with Crippen molar-refractivity contribution in [2.45, 2.75) is 19.4 Å². The molecule has 0 aliphatic heterocycles. The Hall–Kier alpha value is -2.96. The minimum Gasteiger partial charge on any atom is -0.355 e. The Morgan fingerprint density at radius 1 is 0.966 bits per heavy atom. The fourth-order valence-electron chi connectivity index (χ4n) is 2.85. The van der Waals surface area contributed by atoms with Crippen LogP contribution in [0.1, 0.15) is 18.4 Å². The molecule has 150 valence electrons. The Labute approximate surface area is 174 Å². The predicted octanol–water partition coefficient (Wildman–Crippen LogP) is 3.51. The molecule has 2 aromatic carbocycles. The van der Waals surface area contributed by atoms with E-state index in [2.05, 4.69) is 20.9 Å². The van der Waals surface area contributed by atoms with Crippen molar-refractivity contribution >= 4 is 40.0 Å². The molecule has 3 N–H and O–H groups in total. The van der Waals surface area contributed by atoms with Gasteiger partial charge in [-0.25, -0.2) is 4.98 Å². The van der Waals surface area contributed by atoms with E-state index in [-0.39, 0.29) is 18.4 Å². The molecule has 1 aromatic heterocycles. The van der Waals surface area contributed by atoms with E-state index in [1.165, 1.54) is 0 Å². The third-order valence-electron chi connectivity index (χ3n) is 4.36. The van der Waals surface area contributed by atoms with Crippen molar-refractivity contribution in [3.63, 3.8) is 0 Å². The number of hydrogen-bond donors (Lipinski definition) is 3. The first-order chi connectivity index (χ1) is 14.1. The van der Waals surface area contributed by atoms with Crippen molar-refractivity contribution < 1.29 is 9.59 Å². The van der Waals surface area contributed by atoms with E-state index in [4.69, 9.17) is 11.6 Å².